The molecule has 3 rings (SSSR count). The maximum Gasteiger partial charge on any atom is 0.341 e. The van der Waals surface area contributed by atoms with Crippen molar-refractivity contribution in [1.29, 1.82) is 0 Å². The zero-order chi connectivity index (χ0) is 17.5. The van der Waals surface area contributed by atoms with Gasteiger partial charge in [0.2, 0.25) is 5.91 Å². The van der Waals surface area contributed by atoms with Crippen LogP contribution in [0.1, 0.15) is 44.0 Å². The average molecular weight is 335 g/mol. The van der Waals surface area contributed by atoms with E-state index in [0.29, 0.717) is 5.69 Å². The zero-order valence-corrected chi connectivity index (χ0v) is 14.1. The lowest BCUT2D eigenvalue weighted by molar-refractivity contribution is -0.243. The lowest BCUT2D eigenvalue weighted by atomic mass is 9.57. The number of carbonyl (C=O) groups is 2. The molecule has 2 fully saturated rings. The Labute approximate surface area is 140 Å². The van der Waals surface area contributed by atoms with Gasteiger partial charge in [-0.3, -0.25) is 4.79 Å². The van der Waals surface area contributed by atoms with Crippen molar-refractivity contribution >= 4 is 17.6 Å². The SMILES string of the molecule is CC(=O)Nc1ccc(F)c(C(=O)O[C@@H]2[C@H]3CCCO[C@H]3C2(C)C)c1. The van der Waals surface area contributed by atoms with E-state index < -0.39 is 11.8 Å². The van der Waals surface area contributed by atoms with Gasteiger partial charge in [0, 0.05) is 30.6 Å². The van der Waals surface area contributed by atoms with E-state index >= 15 is 0 Å². The number of hydrogen-bond donors (Lipinski definition) is 1. The Hall–Kier alpha value is -1.95. The van der Waals surface area contributed by atoms with Crippen molar-refractivity contribution in [3.8, 4) is 0 Å². The third-order valence-electron chi connectivity index (χ3n) is 4.96. The highest BCUT2D eigenvalue weighted by atomic mass is 19.1. The summed E-state index contributed by atoms with van der Waals surface area (Å²) >= 11 is 0. The zero-order valence-electron chi connectivity index (χ0n) is 14.1. The van der Waals surface area contributed by atoms with Crippen molar-refractivity contribution in [1.82, 2.24) is 0 Å². The second-order valence-corrected chi connectivity index (χ2v) is 7.12. The number of rotatable bonds is 3. The summed E-state index contributed by atoms with van der Waals surface area (Å²) in [7, 11) is 0. The summed E-state index contributed by atoms with van der Waals surface area (Å²) in [4.78, 5) is 23.6. The summed E-state index contributed by atoms with van der Waals surface area (Å²) < 4.78 is 25.4. The quantitative estimate of drug-likeness (QED) is 0.862. The van der Waals surface area contributed by atoms with Crippen LogP contribution in [-0.2, 0) is 14.3 Å². The van der Waals surface area contributed by atoms with Gasteiger partial charge in [0.15, 0.2) is 0 Å². The number of nitrogens with one attached hydrogen (secondary N) is 1. The predicted molar refractivity (Wildman–Crippen MR) is 86.2 cm³/mol. The molecule has 1 amide bonds. The highest BCUT2D eigenvalue weighted by Crippen LogP contribution is 2.53. The van der Waals surface area contributed by atoms with Gasteiger partial charge in [-0.05, 0) is 31.0 Å². The van der Waals surface area contributed by atoms with Crippen LogP contribution in [-0.4, -0.2) is 30.7 Å². The third kappa shape index (κ3) is 2.90. The molecule has 1 heterocycles. The summed E-state index contributed by atoms with van der Waals surface area (Å²) in [6.07, 6.45) is 1.68. The molecule has 130 valence electrons. The van der Waals surface area contributed by atoms with Gasteiger partial charge < -0.3 is 14.8 Å². The van der Waals surface area contributed by atoms with Gasteiger partial charge in [-0.25, -0.2) is 9.18 Å². The summed E-state index contributed by atoms with van der Waals surface area (Å²) in [5.41, 5.74) is -0.0910. The molecule has 1 saturated heterocycles. The Balaban J connectivity index is 1.76. The number of amides is 1. The Morgan fingerprint density at radius 3 is 2.83 bits per heavy atom. The van der Waals surface area contributed by atoms with Gasteiger partial charge in [-0.15, -0.1) is 0 Å². The molecule has 1 aromatic rings. The average Bonchev–Trinajstić information content (AvgIpc) is 2.53. The summed E-state index contributed by atoms with van der Waals surface area (Å²) in [6.45, 7) is 6.09. The molecule has 1 aliphatic heterocycles. The maximum absolute atomic E-state index is 14.0. The van der Waals surface area contributed by atoms with Crippen molar-refractivity contribution in [3.05, 3.63) is 29.6 Å². The van der Waals surface area contributed by atoms with Crippen LogP contribution in [0.4, 0.5) is 10.1 Å². The molecule has 0 radical (unpaired) electrons. The highest BCUT2D eigenvalue weighted by Gasteiger charge is 2.60. The number of fused-ring (bicyclic) bond motifs is 1. The normalized spacial score (nSPS) is 27.6. The lowest BCUT2D eigenvalue weighted by Crippen LogP contribution is -2.65. The van der Waals surface area contributed by atoms with E-state index in [0.717, 1.165) is 25.5 Å². The fourth-order valence-corrected chi connectivity index (χ4v) is 3.86. The molecular formula is C18H22FNO4. The molecule has 0 bridgehead atoms. The van der Waals surface area contributed by atoms with Crippen LogP contribution >= 0.6 is 0 Å². The second-order valence-electron chi connectivity index (χ2n) is 7.12. The Kier molecular flexibility index (Phi) is 4.34. The minimum Gasteiger partial charge on any atom is -0.458 e. The number of benzene rings is 1. The highest BCUT2D eigenvalue weighted by molar-refractivity contribution is 5.94. The monoisotopic (exact) mass is 335 g/mol. The lowest BCUT2D eigenvalue weighted by Gasteiger charge is -2.58. The van der Waals surface area contributed by atoms with E-state index in [4.69, 9.17) is 9.47 Å². The summed E-state index contributed by atoms with van der Waals surface area (Å²) in [6, 6.07) is 3.87. The van der Waals surface area contributed by atoms with E-state index in [2.05, 4.69) is 5.32 Å². The van der Waals surface area contributed by atoms with Crippen molar-refractivity contribution in [2.75, 3.05) is 11.9 Å². The predicted octanol–water partition coefficient (Wildman–Crippen LogP) is 3.14. The smallest absolute Gasteiger partial charge is 0.341 e. The van der Waals surface area contributed by atoms with Gasteiger partial charge in [0.1, 0.15) is 11.9 Å². The standard InChI is InChI=1S/C18H22FNO4/c1-10(21)20-11-6-7-14(19)13(9-11)17(22)24-16-12-5-4-8-23-15(12)18(16,2)3/h6-7,9,12,15-16H,4-5,8H2,1-3H3,(H,20,21)/t12-,15+,16+/m0/s1. The minimum absolute atomic E-state index is 0.0830. The maximum atomic E-state index is 14.0. The third-order valence-corrected chi connectivity index (χ3v) is 4.96. The molecule has 0 spiro atoms. The van der Waals surface area contributed by atoms with Crippen LogP contribution in [0.5, 0.6) is 0 Å². The van der Waals surface area contributed by atoms with Crippen molar-refractivity contribution in [2.45, 2.75) is 45.8 Å². The molecule has 0 aromatic heterocycles. The van der Waals surface area contributed by atoms with Crippen molar-refractivity contribution < 1.29 is 23.5 Å². The molecule has 6 heteroatoms. The van der Waals surface area contributed by atoms with Crippen molar-refractivity contribution in [3.63, 3.8) is 0 Å². The van der Waals surface area contributed by atoms with E-state index in [9.17, 15) is 14.0 Å². The second kappa shape index (κ2) is 6.16. The summed E-state index contributed by atoms with van der Waals surface area (Å²) in [5, 5.41) is 2.54. The van der Waals surface area contributed by atoms with Crippen LogP contribution in [0.2, 0.25) is 0 Å². The first kappa shape index (κ1) is 16.9. The fraction of sp³-hybridized carbons (Fsp3) is 0.556. The molecule has 1 aliphatic carbocycles. The van der Waals surface area contributed by atoms with Gasteiger partial charge in [0.25, 0.3) is 0 Å². The molecule has 1 N–H and O–H groups in total. The van der Waals surface area contributed by atoms with Crippen LogP contribution < -0.4 is 5.32 Å². The Bertz CT molecular complexity index is 673. The number of hydrogen-bond acceptors (Lipinski definition) is 4. The van der Waals surface area contributed by atoms with Crippen LogP contribution in [0, 0.1) is 17.2 Å². The molecule has 2 aliphatic rings. The topological polar surface area (TPSA) is 64.6 Å². The largest absolute Gasteiger partial charge is 0.458 e. The molecule has 24 heavy (non-hydrogen) atoms. The first-order chi connectivity index (χ1) is 11.3. The summed E-state index contributed by atoms with van der Waals surface area (Å²) in [5.74, 6) is -1.49. The molecular weight excluding hydrogens is 313 g/mol. The van der Waals surface area contributed by atoms with Crippen LogP contribution in [0.25, 0.3) is 0 Å². The van der Waals surface area contributed by atoms with E-state index in [1.165, 1.54) is 19.1 Å². The van der Waals surface area contributed by atoms with Crippen LogP contribution in [0.15, 0.2) is 18.2 Å². The minimum atomic E-state index is -0.707. The number of esters is 1. The number of carbonyl (C=O) groups excluding carboxylic acids is 2. The molecule has 3 atom stereocenters. The van der Waals surface area contributed by atoms with E-state index in [1.54, 1.807) is 0 Å². The van der Waals surface area contributed by atoms with Crippen LogP contribution in [0.3, 0.4) is 0 Å². The van der Waals surface area contributed by atoms with Gasteiger partial charge in [-0.2, -0.15) is 0 Å². The van der Waals surface area contributed by atoms with Gasteiger partial charge >= 0.3 is 5.97 Å². The number of ether oxygens (including phenoxy) is 2. The fourth-order valence-electron chi connectivity index (χ4n) is 3.86. The first-order valence-electron chi connectivity index (χ1n) is 8.20. The molecule has 1 aromatic carbocycles. The van der Waals surface area contributed by atoms with Crippen molar-refractivity contribution in [2.24, 2.45) is 11.3 Å². The Morgan fingerprint density at radius 2 is 2.12 bits per heavy atom. The number of anilines is 1. The molecule has 0 unspecified atom stereocenters. The molecule has 5 nitrogen and oxygen atoms in total. The molecule has 1 saturated carbocycles. The number of halogens is 1. The Morgan fingerprint density at radius 1 is 1.38 bits per heavy atom. The van der Waals surface area contributed by atoms with Gasteiger partial charge in [-0.1, -0.05) is 13.8 Å². The van der Waals surface area contributed by atoms with E-state index in [-0.39, 0.29) is 35.0 Å². The van der Waals surface area contributed by atoms with E-state index in [1.807, 2.05) is 13.8 Å². The first-order valence-corrected chi connectivity index (χ1v) is 8.20. The van der Waals surface area contributed by atoms with Gasteiger partial charge in [0.05, 0.1) is 11.7 Å².